The molecule has 0 bridgehead atoms. The normalized spacial score (nSPS) is 25.7. The van der Waals surface area contributed by atoms with E-state index in [4.69, 9.17) is 0 Å². The molecule has 2 heteroatoms. The Labute approximate surface area is 127 Å². The molecule has 1 atom stereocenters. The van der Waals surface area contributed by atoms with E-state index >= 15 is 0 Å². The largest absolute Gasteiger partial charge is 0.390 e. The van der Waals surface area contributed by atoms with Crippen LogP contribution in [0.2, 0.25) is 0 Å². The lowest BCUT2D eigenvalue weighted by Crippen LogP contribution is -2.31. The van der Waals surface area contributed by atoms with E-state index in [-0.39, 0.29) is 0 Å². The molecule has 1 fully saturated rings. The highest BCUT2D eigenvalue weighted by molar-refractivity contribution is 5.81. The number of para-hydroxylation sites is 1. The highest BCUT2D eigenvalue weighted by Crippen LogP contribution is 2.39. The lowest BCUT2D eigenvalue weighted by Gasteiger charge is -2.28. The summed E-state index contributed by atoms with van der Waals surface area (Å²) in [5, 5.41) is 12.3. The van der Waals surface area contributed by atoms with Gasteiger partial charge < -0.3 is 5.11 Å². The second-order valence-electron chi connectivity index (χ2n) is 7.41. The minimum Gasteiger partial charge on any atom is -0.390 e. The number of nitrogens with zero attached hydrogens (tertiary/aromatic N) is 1. The van der Waals surface area contributed by atoms with Crippen LogP contribution < -0.4 is 0 Å². The van der Waals surface area contributed by atoms with Gasteiger partial charge in [0.2, 0.25) is 0 Å². The molecule has 0 aliphatic heterocycles. The average Bonchev–Trinajstić information content (AvgIpc) is 2.58. The van der Waals surface area contributed by atoms with Gasteiger partial charge in [0.1, 0.15) is 0 Å². The van der Waals surface area contributed by atoms with Gasteiger partial charge in [0.25, 0.3) is 0 Å². The van der Waals surface area contributed by atoms with E-state index in [0.717, 1.165) is 37.6 Å². The van der Waals surface area contributed by atoms with Crippen molar-refractivity contribution in [3.05, 3.63) is 42.1 Å². The number of pyridine rings is 1. The summed E-state index contributed by atoms with van der Waals surface area (Å²) in [4.78, 5) is 4.42. The molecule has 1 aliphatic carbocycles. The van der Waals surface area contributed by atoms with E-state index in [1.165, 1.54) is 17.4 Å². The van der Waals surface area contributed by atoms with Crippen molar-refractivity contribution in [3.8, 4) is 0 Å². The van der Waals surface area contributed by atoms with Gasteiger partial charge in [0.05, 0.1) is 11.1 Å². The zero-order valence-corrected chi connectivity index (χ0v) is 13.1. The summed E-state index contributed by atoms with van der Waals surface area (Å²) in [5.74, 6) is 0. The van der Waals surface area contributed by atoms with Crippen LogP contribution in [0, 0.1) is 5.41 Å². The maximum absolute atomic E-state index is 11.1. The molecular weight excluding hydrogens is 258 g/mol. The number of rotatable bonds is 2. The molecule has 112 valence electrons. The third kappa shape index (κ3) is 3.26. The maximum Gasteiger partial charge on any atom is 0.0704 e. The molecule has 3 rings (SSSR count). The average molecular weight is 283 g/mol. The maximum atomic E-state index is 11.1. The van der Waals surface area contributed by atoms with Crippen LogP contribution in [-0.4, -0.2) is 15.7 Å². The Kier molecular flexibility index (Phi) is 3.75. The predicted octanol–water partition coefficient (Wildman–Crippen LogP) is 4.50. The van der Waals surface area contributed by atoms with Gasteiger partial charge in [0.15, 0.2) is 0 Å². The van der Waals surface area contributed by atoms with Crippen LogP contribution in [-0.2, 0) is 6.42 Å². The molecule has 1 heterocycles. The number of benzene rings is 1. The number of aliphatic hydroxyl groups is 1. The molecule has 0 spiro atoms. The number of aromatic nitrogens is 1. The van der Waals surface area contributed by atoms with Crippen LogP contribution in [0.1, 0.15) is 51.5 Å². The first-order valence-electron chi connectivity index (χ1n) is 8.03. The van der Waals surface area contributed by atoms with E-state index < -0.39 is 5.60 Å². The van der Waals surface area contributed by atoms with Gasteiger partial charge in [-0.3, -0.25) is 4.98 Å². The van der Waals surface area contributed by atoms with Crippen molar-refractivity contribution >= 4 is 10.9 Å². The standard InChI is InChI=1S/C19H25NO/c1-18(2)9-5-10-19(21,12-11-18)14-15-8-13-20-17-7-4-3-6-16(15)17/h3-4,6-8,13,21H,5,9-12,14H2,1-2H3. The molecule has 0 saturated heterocycles. The monoisotopic (exact) mass is 283 g/mol. The predicted molar refractivity (Wildman–Crippen MR) is 87.3 cm³/mol. The summed E-state index contributed by atoms with van der Waals surface area (Å²) in [7, 11) is 0. The fraction of sp³-hybridized carbons (Fsp3) is 0.526. The van der Waals surface area contributed by atoms with Gasteiger partial charge in [-0.15, -0.1) is 0 Å². The number of hydrogen-bond donors (Lipinski definition) is 1. The van der Waals surface area contributed by atoms with Gasteiger partial charge in [-0.25, -0.2) is 0 Å². The van der Waals surface area contributed by atoms with Crippen LogP contribution >= 0.6 is 0 Å². The highest BCUT2D eigenvalue weighted by Gasteiger charge is 2.34. The highest BCUT2D eigenvalue weighted by atomic mass is 16.3. The van der Waals surface area contributed by atoms with E-state index in [1.54, 1.807) is 0 Å². The Morgan fingerprint density at radius 2 is 1.86 bits per heavy atom. The van der Waals surface area contributed by atoms with Gasteiger partial charge in [-0.05, 0) is 48.8 Å². The summed E-state index contributed by atoms with van der Waals surface area (Å²) >= 11 is 0. The topological polar surface area (TPSA) is 33.1 Å². The fourth-order valence-electron chi connectivity index (χ4n) is 3.56. The van der Waals surface area contributed by atoms with Crippen LogP contribution in [0.4, 0.5) is 0 Å². The first-order chi connectivity index (χ1) is 9.98. The molecule has 0 radical (unpaired) electrons. The molecule has 1 aliphatic rings. The van der Waals surface area contributed by atoms with Crippen molar-refractivity contribution in [2.24, 2.45) is 5.41 Å². The Hall–Kier alpha value is -1.41. The molecule has 2 aromatic rings. The van der Waals surface area contributed by atoms with E-state index in [0.29, 0.717) is 5.41 Å². The summed E-state index contributed by atoms with van der Waals surface area (Å²) in [6.07, 6.45) is 7.85. The van der Waals surface area contributed by atoms with E-state index in [2.05, 4.69) is 31.0 Å². The molecule has 0 amide bonds. The third-order valence-corrected chi connectivity index (χ3v) is 5.02. The Bertz CT molecular complexity index is 629. The fourth-order valence-corrected chi connectivity index (χ4v) is 3.56. The van der Waals surface area contributed by atoms with Crippen molar-refractivity contribution in [1.29, 1.82) is 0 Å². The molecule has 1 unspecified atom stereocenters. The minimum atomic E-state index is -0.558. The molecule has 2 nitrogen and oxygen atoms in total. The molecule has 21 heavy (non-hydrogen) atoms. The van der Waals surface area contributed by atoms with E-state index in [9.17, 15) is 5.11 Å². The number of hydrogen-bond acceptors (Lipinski definition) is 2. The van der Waals surface area contributed by atoms with Crippen molar-refractivity contribution in [1.82, 2.24) is 4.98 Å². The van der Waals surface area contributed by atoms with Gasteiger partial charge in [-0.2, -0.15) is 0 Å². The van der Waals surface area contributed by atoms with Gasteiger partial charge >= 0.3 is 0 Å². The Morgan fingerprint density at radius 1 is 1.05 bits per heavy atom. The SMILES string of the molecule is CC1(C)CCCC(O)(Cc2ccnc3ccccc23)CC1. The molecule has 1 saturated carbocycles. The minimum absolute atomic E-state index is 0.366. The second-order valence-corrected chi connectivity index (χ2v) is 7.41. The van der Waals surface area contributed by atoms with Crippen molar-refractivity contribution in [2.45, 2.75) is 58.0 Å². The molecule has 1 N–H and O–H groups in total. The summed E-state index contributed by atoms with van der Waals surface area (Å²) in [6, 6.07) is 10.3. The van der Waals surface area contributed by atoms with Crippen LogP contribution in [0.25, 0.3) is 10.9 Å². The second kappa shape index (κ2) is 5.42. The van der Waals surface area contributed by atoms with Crippen LogP contribution in [0.5, 0.6) is 0 Å². The third-order valence-electron chi connectivity index (χ3n) is 5.02. The lowest BCUT2D eigenvalue weighted by molar-refractivity contribution is 0.0229. The molecule has 1 aromatic heterocycles. The van der Waals surface area contributed by atoms with Gasteiger partial charge in [0, 0.05) is 18.0 Å². The zero-order valence-electron chi connectivity index (χ0n) is 13.1. The smallest absolute Gasteiger partial charge is 0.0704 e. The zero-order chi connectivity index (χ0) is 14.9. The quantitative estimate of drug-likeness (QED) is 0.823. The molecule has 1 aromatic carbocycles. The van der Waals surface area contributed by atoms with Crippen LogP contribution in [0.15, 0.2) is 36.5 Å². The summed E-state index contributed by atoms with van der Waals surface area (Å²) in [5.41, 5.74) is 2.05. The first kappa shape index (κ1) is 14.5. The van der Waals surface area contributed by atoms with Crippen molar-refractivity contribution in [2.75, 3.05) is 0 Å². The summed E-state index contributed by atoms with van der Waals surface area (Å²) in [6.45, 7) is 4.64. The summed E-state index contributed by atoms with van der Waals surface area (Å²) < 4.78 is 0. The lowest BCUT2D eigenvalue weighted by atomic mass is 9.82. The number of fused-ring (bicyclic) bond motifs is 1. The molecular formula is C19H25NO. The van der Waals surface area contributed by atoms with E-state index in [1.807, 2.05) is 24.4 Å². The van der Waals surface area contributed by atoms with Crippen LogP contribution in [0.3, 0.4) is 0 Å². The Morgan fingerprint density at radius 3 is 2.71 bits per heavy atom. The van der Waals surface area contributed by atoms with Gasteiger partial charge in [-0.1, -0.05) is 38.5 Å². The first-order valence-corrected chi connectivity index (χ1v) is 8.03. The van der Waals surface area contributed by atoms with Crippen molar-refractivity contribution < 1.29 is 5.11 Å². The Balaban J connectivity index is 1.87. The van der Waals surface area contributed by atoms with Crippen molar-refractivity contribution in [3.63, 3.8) is 0 Å².